The molecule has 0 bridgehead atoms. The van der Waals surface area contributed by atoms with Gasteiger partial charge in [-0.05, 0) is 55.9 Å². The fourth-order valence-electron chi connectivity index (χ4n) is 2.48. The van der Waals surface area contributed by atoms with E-state index in [1.807, 2.05) is 6.92 Å². The zero-order chi connectivity index (χ0) is 15.3. The van der Waals surface area contributed by atoms with Crippen LogP contribution in [0.2, 0.25) is 0 Å². The van der Waals surface area contributed by atoms with Gasteiger partial charge >= 0.3 is 0 Å². The van der Waals surface area contributed by atoms with E-state index in [0.717, 1.165) is 19.3 Å². The van der Waals surface area contributed by atoms with Gasteiger partial charge in [-0.25, -0.2) is 13.1 Å². The molecule has 2 N–H and O–H groups in total. The first-order valence-electron chi connectivity index (χ1n) is 7.42. The summed E-state index contributed by atoms with van der Waals surface area (Å²) in [5.41, 5.74) is 0. The minimum atomic E-state index is -3.49. The normalized spacial score (nSPS) is 22.4. The third kappa shape index (κ3) is 4.69. The molecule has 0 aliphatic heterocycles. The van der Waals surface area contributed by atoms with Gasteiger partial charge in [0.15, 0.2) is 0 Å². The molecule has 5 nitrogen and oxygen atoms in total. The first-order chi connectivity index (χ1) is 10.0. The Balaban J connectivity index is 1.92. The third-order valence-electron chi connectivity index (χ3n) is 3.68. The lowest BCUT2D eigenvalue weighted by Gasteiger charge is -2.12. The van der Waals surface area contributed by atoms with E-state index in [2.05, 4.69) is 4.72 Å². The van der Waals surface area contributed by atoms with Crippen molar-refractivity contribution in [2.75, 3.05) is 13.2 Å². The summed E-state index contributed by atoms with van der Waals surface area (Å²) in [5.74, 6) is 0.900. The molecule has 0 amide bonds. The second-order valence-electron chi connectivity index (χ2n) is 5.50. The number of aliphatic hydroxyl groups is 1. The molecule has 0 spiro atoms. The average Bonchev–Trinajstić information content (AvgIpc) is 2.89. The van der Waals surface area contributed by atoms with Gasteiger partial charge in [-0.1, -0.05) is 6.92 Å². The zero-order valence-corrected chi connectivity index (χ0v) is 13.1. The van der Waals surface area contributed by atoms with Crippen molar-refractivity contribution in [2.24, 2.45) is 5.92 Å². The van der Waals surface area contributed by atoms with E-state index in [1.165, 1.54) is 0 Å². The predicted molar refractivity (Wildman–Crippen MR) is 80.8 cm³/mol. The molecule has 1 aliphatic rings. The Morgan fingerprint density at radius 3 is 2.57 bits per heavy atom. The number of sulfonamides is 1. The molecule has 0 heterocycles. The molecular formula is C15H23NO4S. The van der Waals surface area contributed by atoms with Crippen LogP contribution in [-0.4, -0.2) is 32.8 Å². The number of hydrogen-bond donors (Lipinski definition) is 2. The van der Waals surface area contributed by atoms with E-state index in [0.29, 0.717) is 25.3 Å². The van der Waals surface area contributed by atoms with Gasteiger partial charge in [0.1, 0.15) is 5.75 Å². The monoisotopic (exact) mass is 313 g/mol. The molecule has 1 aromatic carbocycles. The number of hydrogen-bond acceptors (Lipinski definition) is 4. The summed E-state index contributed by atoms with van der Waals surface area (Å²) < 4.78 is 32.4. The molecule has 118 valence electrons. The maximum atomic E-state index is 12.2. The summed E-state index contributed by atoms with van der Waals surface area (Å²) in [4.78, 5) is 0.241. The average molecular weight is 313 g/mol. The van der Waals surface area contributed by atoms with Crippen LogP contribution in [0.4, 0.5) is 0 Å². The summed E-state index contributed by atoms with van der Waals surface area (Å²) in [6.07, 6.45) is 2.93. The molecule has 2 rings (SSSR count). The SMILES string of the molecule is CCCOc1ccc(S(=O)(=O)NCC2CCC(O)C2)cc1. The molecule has 1 aromatic rings. The van der Waals surface area contributed by atoms with Gasteiger partial charge in [-0.15, -0.1) is 0 Å². The fourth-order valence-corrected chi connectivity index (χ4v) is 3.60. The molecule has 0 radical (unpaired) electrons. The Labute approximate surface area is 126 Å². The predicted octanol–water partition coefficient (Wildman–Crippen LogP) is 1.91. The van der Waals surface area contributed by atoms with Crippen molar-refractivity contribution in [1.29, 1.82) is 0 Å². The lowest BCUT2D eigenvalue weighted by atomic mass is 10.1. The third-order valence-corrected chi connectivity index (χ3v) is 5.12. The van der Waals surface area contributed by atoms with Crippen LogP contribution in [0.5, 0.6) is 5.75 Å². The zero-order valence-electron chi connectivity index (χ0n) is 12.3. The van der Waals surface area contributed by atoms with E-state index < -0.39 is 10.0 Å². The number of nitrogens with one attached hydrogen (secondary N) is 1. The van der Waals surface area contributed by atoms with Gasteiger partial charge in [0.25, 0.3) is 0 Å². The maximum absolute atomic E-state index is 12.2. The Kier molecular flexibility index (Phi) is 5.61. The highest BCUT2D eigenvalue weighted by Gasteiger charge is 2.24. The summed E-state index contributed by atoms with van der Waals surface area (Å²) in [7, 11) is -3.49. The van der Waals surface area contributed by atoms with Gasteiger partial charge in [-0.3, -0.25) is 0 Å². The van der Waals surface area contributed by atoms with Crippen LogP contribution in [0, 0.1) is 5.92 Å². The number of ether oxygens (including phenoxy) is 1. The van der Waals surface area contributed by atoms with Crippen LogP contribution < -0.4 is 9.46 Å². The Morgan fingerprint density at radius 1 is 1.29 bits per heavy atom. The lowest BCUT2D eigenvalue weighted by Crippen LogP contribution is -2.28. The highest BCUT2D eigenvalue weighted by atomic mass is 32.2. The second-order valence-corrected chi connectivity index (χ2v) is 7.27. The van der Waals surface area contributed by atoms with E-state index in [9.17, 15) is 13.5 Å². The van der Waals surface area contributed by atoms with Crippen LogP contribution in [-0.2, 0) is 10.0 Å². The molecular weight excluding hydrogens is 290 g/mol. The van der Waals surface area contributed by atoms with E-state index in [1.54, 1.807) is 24.3 Å². The van der Waals surface area contributed by atoms with Crippen LogP contribution in [0.1, 0.15) is 32.6 Å². The molecule has 1 fully saturated rings. The fraction of sp³-hybridized carbons (Fsp3) is 0.600. The largest absolute Gasteiger partial charge is 0.494 e. The van der Waals surface area contributed by atoms with E-state index >= 15 is 0 Å². The molecule has 2 unspecified atom stereocenters. The van der Waals surface area contributed by atoms with Gasteiger partial charge < -0.3 is 9.84 Å². The molecule has 21 heavy (non-hydrogen) atoms. The highest BCUT2D eigenvalue weighted by Crippen LogP contribution is 2.25. The van der Waals surface area contributed by atoms with Gasteiger partial charge in [-0.2, -0.15) is 0 Å². The topological polar surface area (TPSA) is 75.6 Å². The Morgan fingerprint density at radius 2 is 2.00 bits per heavy atom. The maximum Gasteiger partial charge on any atom is 0.240 e. The molecule has 0 saturated heterocycles. The highest BCUT2D eigenvalue weighted by molar-refractivity contribution is 7.89. The minimum Gasteiger partial charge on any atom is -0.494 e. The van der Waals surface area contributed by atoms with Crippen molar-refractivity contribution in [3.05, 3.63) is 24.3 Å². The molecule has 0 aromatic heterocycles. The first kappa shape index (κ1) is 16.3. The summed E-state index contributed by atoms with van der Waals surface area (Å²) in [6.45, 7) is 3.02. The van der Waals surface area contributed by atoms with Crippen molar-refractivity contribution in [1.82, 2.24) is 4.72 Å². The minimum absolute atomic E-state index is 0.224. The standard InChI is InChI=1S/C15H23NO4S/c1-2-9-20-14-5-7-15(8-6-14)21(18,19)16-11-12-3-4-13(17)10-12/h5-8,12-13,16-17H,2-4,9-11H2,1H3. The lowest BCUT2D eigenvalue weighted by molar-refractivity contribution is 0.178. The van der Waals surface area contributed by atoms with Crippen molar-refractivity contribution < 1.29 is 18.3 Å². The quantitative estimate of drug-likeness (QED) is 0.806. The Bertz CT molecular complexity index is 541. The second kappa shape index (κ2) is 7.24. The van der Waals surface area contributed by atoms with E-state index in [-0.39, 0.29) is 16.9 Å². The van der Waals surface area contributed by atoms with E-state index in [4.69, 9.17) is 4.74 Å². The number of benzene rings is 1. The number of aliphatic hydroxyl groups excluding tert-OH is 1. The van der Waals surface area contributed by atoms with Crippen LogP contribution in [0.3, 0.4) is 0 Å². The number of rotatable bonds is 7. The molecule has 6 heteroatoms. The summed E-state index contributed by atoms with van der Waals surface area (Å²) in [5, 5.41) is 9.46. The van der Waals surface area contributed by atoms with Crippen molar-refractivity contribution in [3.8, 4) is 5.75 Å². The van der Waals surface area contributed by atoms with Gasteiger partial charge in [0.05, 0.1) is 17.6 Å². The van der Waals surface area contributed by atoms with Crippen molar-refractivity contribution in [2.45, 2.75) is 43.6 Å². The van der Waals surface area contributed by atoms with Crippen molar-refractivity contribution in [3.63, 3.8) is 0 Å². The van der Waals surface area contributed by atoms with Crippen LogP contribution >= 0.6 is 0 Å². The molecule has 1 saturated carbocycles. The summed E-state index contributed by atoms with van der Waals surface area (Å²) in [6, 6.07) is 6.45. The van der Waals surface area contributed by atoms with Gasteiger partial charge in [0.2, 0.25) is 10.0 Å². The first-order valence-corrected chi connectivity index (χ1v) is 8.90. The van der Waals surface area contributed by atoms with Crippen LogP contribution in [0.25, 0.3) is 0 Å². The molecule has 2 atom stereocenters. The molecule has 1 aliphatic carbocycles. The van der Waals surface area contributed by atoms with Gasteiger partial charge in [0, 0.05) is 6.54 Å². The van der Waals surface area contributed by atoms with Crippen molar-refractivity contribution >= 4 is 10.0 Å². The smallest absolute Gasteiger partial charge is 0.240 e. The summed E-state index contributed by atoms with van der Waals surface area (Å²) >= 11 is 0. The van der Waals surface area contributed by atoms with Crippen LogP contribution in [0.15, 0.2) is 29.2 Å². The Hall–Kier alpha value is -1.11.